The highest BCUT2D eigenvalue weighted by Gasteiger charge is 2.22. The van der Waals surface area contributed by atoms with Crippen molar-refractivity contribution in [1.29, 1.82) is 0 Å². The Morgan fingerprint density at radius 2 is 0.754 bits per heavy atom. The molecule has 1 rings (SSSR count). The van der Waals surface area contributed by atoms with Crippen LogP contribution in [0.25, 0.3) is 0 Å². The highest BCUT2D eigenvalue weighted by Crippen LogP contribution is 2.22. The third-order valence-corrected chi connectivity index (χ3v) is 7.59. The summed E-state index contributed by atoms with van der Waals surface area (Å²) in [6.45, 7) is 16.4. The van der Waals surface area contributed by atoms with E-state index in [0.29, 0.717) is 138 Å². The standard InChI is InChI=1S/C39H74N2O16/c1-4-44-12-14-46-16-18-48-20-22-50-24-26-52-28-30-56-38(54-10-8-42)33-41(36-6-7-37(40)35(3)32-36)34-39(55-11-9-43)57-31-29-53-27-25-51-23-21-49-19-17-47-15-13-45-5-2/h6-7,32,38-39,42-43H,4-5,8-31,33-34,40H2,1-3H3. The number of nitrogens with zero attached hydrogens (tertiary/aromatic N) is 1. The van der Waals surface area contributed by atoms with Gasteiger partial charge >= 0.3 is 0 Å². The van der Waals surface area contributed by atoms with Gasteiger partial charge in [0.1, 0.15) is 0 Å². The zero-order valence-electron chi connectivity index (χ0n) is 34.8. The van der Waals surface area contributed by atoms with Crippen LogP contribution in [0.3, 0.4) is 0 Å². The zero-order valence-corrected chi connectivity index (χ0v) is 34.8. The van der Waals surface area contributed by atoms with Crippen molar-refractivity contribution < 1.29 is 76.5 Å². The van der Waals surface area contributed by atoms with Gasteiger partial charge in [0.2, 0.25) is 0 Å². The first-order valence-electron chi connectivity index (χ1n) is 20.1. The maximum Gasteiger partial charge on any atom is 0.175 e. The summed E-state index contributed by atoms with van der Waals surface area (Å²) in [5.74, 6) is 0. The van der Waals surface area contributed by atoms with Crippen molar-refractivity contribution >= 4 is 11.4 Å². The highest BCUT2D eigenvalue weighted by molar-refractivity contribution is 5.58. The lowest BCUT2D eigenvalue weighted by atomic mass is 10.1. The van der Waals surface area contributed by atoms with E-state index in [1.165, 1.54) is 0 Å². The van der Waals surface area contributed by atoms with Gasteiger partial charge in [-0.25, -0.2) is 0 Å². The fourth-order valence-electron chi connectivity index (χ4n) is 4.70. The van der Waals surface area contributed by atoms with Gasteiger partial charge in [-0.05, 0) is 44.5 Å². The number of rotatable bonds is 45. The molecule has 1 aromatic rings. The van der Waals surface area contributed by atoms with E-state index in [1.54, 1.807) is 0 Å². The van der Waals surface area contributed by atoms with Crippen LogP contribution in [-0.2, 0) is 66.3 Å². The maximum absolute atomic E-state index is 9.49. The third kappa shape index (κ3) is 32.7. The Bertz CT molecular complexity index is 938. The first-order chi connectivity index (χ1) is 28.0. The Hall–Kier alpha value is -1.82. The average molecular weight is 827 g/mol. The molecular formula is C39H74N2O16. The molecule has 2 unspecified atom stereocenters. The van der Waals surface area contributed by atoms with E-state index in [-0.39, 0.29) is 52.7 Å². The van der Waals surface area contributed by atoms with E-state index in [4.69, 9.17) is 72.0 Å². The van der Waals surface area contributed by atoms with Crippen molar-refractivity contribution in [3.05, 3.63) is 23.8 Å². The molecule has 0 aromatic heterocycles. The van der Waals surface area contributed by atoms with Crippen molar-refractivity contribution in [2.24, 2.45) is 0 Å². The van der Waals surface area contributed by atoms with Crippen molar-refractivity contribution in [3.8, 4) is 0 Å². The summed E-state index contributed by atoms with van der Waals surface area (Å²) in [5.41, 5.74) is 8.52. The van der Waals surface area contributed by atoms with Gasteiger partial charge in [-0.2, -0.15) is 0 Å². The Labute approximate surface area is 340 Å². The summed E-state index contributed by atoms with van der Waals surface area (Å²) in [4.78, 5) is 1.99. The Morgan fingerprint density at radius 1 is 0.456 bits per heavy atom. The SMILES string of the molecule is CCOCCOCCOCCOCCOCCOC(CN(CC(OCCO)OCCOCCOCCOCCOCCOCC)c1ccc(N)c(C)c1)OCCO. The van der Waals surface area contributed by atoms with E-state index < -0.39 is 12.6 Å². The van der Waals surface area contributed by atoms with Crippen LogP contribution in [0.15, 0.2) is 18.2 Å². The van der Waals surface area contributed by atoms with Gasteiger partial charge in [0.25, 0.3) is 0 Å². The molecule has 0 aliphatic heterocycles. The summed E-state index contributed by atoms with van der Waals surface area (Å²) >= 11 is 0. The zero-order chi connectivity index (χ0) is 41.3. The molecule has 18 nitrogen and oxygen atoms in total. The van der Waals surface area contributed by atoms with E-state index in [2.05, 4.69) is 0 Å². The number of hydrogen-bond donors (Lipinski definition) is 3. The van der Waals surface area contributed by atoms with E-state index in [1.807, 2.05) is 43.9 Å². The molecule has 0 spiro atoms. The maximum atomic E-state index is 9.49. The second-order valence-corrected chi connectivity index (χ2v) is 12.0. The number of anilines is 2. The molecular weight excluding hydrogens is 752 g/mol. The van der Waals surface area contributed by atoms with Gasteiger partial charge in [-0.15, -0.1) is 0 Å². The van der Waals surface area contributed by atoms with Gasteiger partial charge in [0.15, 0.2) is 12.6 Å². The van der Waals surface area contributed by atoms with Crippen molar-refractivity contribution in [2.75, 3.05) is 196 Å². The molecule has 2 atom stereocenters. The lowest BCUT2D eigenvalue weighted by Crippen LogP contribution is -2.43. The quantitative estimate of drug-likeness (QED) is 0.0483. The molecule has 0 saturated carbocycles. The van der Waals surface area contributed by atoms with Gasteiger partial charge in [0.05, 0.1) is 172 Å². The molecule has 336 valence electrons. The summed E-state index contributed by atoms with van der Waals surface area (Å²) < 4.78 is 78.5. The van der Waals surface area contributed by atoms with Gasteiger partial charge in [-0.1, -0.05) is 0 Å². The molecule has 4 N–H and O–H groups in total. The number of aryl methyl sites for hydroxylation is 1. The number of hydrogen-bond acceptors (Lipinski definition) is 18. The smallest absolute Gasteiger partial charge is 0.175 e. The number of nitrogen functional groups attached to an aromatic ring is 1. The van der Waals surface area contributed by atoms with Crippen LogP contribution in [0.2, 0.25) is 0 Å². The number of aliphatic hydroxyl groups is 2. The van der Waals surface area contributed by atoms with Gasteiger partial charge < -0.3 is 87.2 Å². The largest absolute Gasteiger partial charge is 0.399 e. The van der Waals surface area contributed by atoms with Crippen LogP contribution < -0.4 is 10.6 Å². The minimum Gasteiger partial charge on any atom is -0.399 e. The highest BCUT2D eigenvalue weighted by atomic mass is 16.7. The van der Waals surface area contributed by atoms with Crippen LogP contribution in [0.1, 0.15) is 19.4 Å². The van der Waals surface area contributed by atoms with E-state index >= 15 is 0 Å². The molecule has 57 heavy (non-hydrogen) atoms. The predicted molar refractivity (Wildman–Crippen MR) is 213 cm³/mol. The fraction of sp³-hybridized carbons (Fsp3) is 0.846. The molecule has 0 radical (unpaired) electrons. The molecule has 1 aromatic carbocycles. The van der Waals surface area contributed by atoms with Gasteiger partial charge in [-0.3, -0.25) is 0 Å². The van der Waals surface area contributed by atoms with Crippen molar-refractivity contribution in [3.63, 3.8) is 0 Å². The molecule has 0 saturated heterocycles. The monoisotopic (exact) mass is 827 g/mol. The van der Waals surface area contributed by atoms with Crippen LogP contribution >= 0.6 is 0 Å². The summed E-state index contributed by atoms with van der Waals surface area (Å²) in [7, 11) is 0. The number of aliphatic hydroxyl groups excluding tert-OH is 2. The van der Waals surface area contributed by atoms with Gasteiger partial charge in [0, 0.05) is 24.6 Å². The second kappa shape index (κ2) is 40.9. The minimum absolute atomic E-state index is 0.0782. The Kier molecular flexibility index (Phi) is 38.2. The van der Waals surface area contributed by atoms with Crippen LogP contribution in [-0.4, -0.2) is 208 Å². The van der Waals surface area contributed by atoms with Crippen LogP contribution in [0, 0.1) is 6.92 Å². The lowest BCUT2D eigenvalue weighted by Gasteiger charge is -2.32. The molecule has 0 fully saturated rings. The summed E-state index contributed by atoms with van der Waals surface area (Å²) in [5, 5.41) is 19.0. The Morgan fingerprint density at radius 3 is 1.05 bits per heavy atom. The number of nitrogens with two attached hydrogens (primary N) is 1. The number of benzene rings is 1. The number of ether oxygens (including phenoxy) is 14. The van der Waals surface area contributed by atoms with Crippen LogP contribution in [0.4, 0.5) is 11.4 Å². The predicted octanol–water partition coefficient (Wildman–Crippen LogP) is 1.29. The topological polar surface area (TPSA) is 199 Å². The lowest BCUT2D eigenvalue weighted by molar-refractivity contribution is -0.160. The normalized spacial score (nSPS) is 12.7. The molecule has 0 amide bonds. The van der Waals surface area contributed by atoms with E-state index in [9.17, 15) is 10.2 Å². The van der Waals surface area contributed by atoms with E-state index in [0.717, 1.165) is 11.3 Å². The van der Waals surface area contributed by atoms with Crippen molar-refractivity contribution in [2.45, 2.75) is 33.4 Å². The molecule has 0 bridgehead atoms. The fourth-order valence-corrected chi connectivity index (χ4v) is 4.70. The Balaban J connectivity index is 2.47. The second-order valence-electron chi connectivity index (χ2n) is 12.0. The van der Waals surface area contributed by atoms with Crippen LogP contribution in [0.5, 0.6) is 0 Å². The molecule has 18 heteroatoms. The summed E-state index contributed by atoms with van der Waals surface area (Å²) in [6.07, 6.45) is -1.44. The first kappa shape index (κ1) is 53.2. The molecule has 0 aliphatic carbocycles. The molecule has 0 aliphatic rings. The van der Waals surface area contributed by atoms with Crippen molar-refractivity contribution in [1.82, 2.24) is 0 Å². The molecule has 0 heterocycles. The average Bonchev–Trinajstić information content (AvgIpc) is 3.21. The third-order valence-electron chi connectivity index (χ3n) is 7.59. The first-order valence-corrected chi connectivity index (χ1v) is 20.1. The minimum atomic E-state index is -0.721. The summed E-state index contributed by atoms with van der Waals surface area (Å²) in [6, 6.07) is 5.68.